The molecule has 2 aromatic heterocycles. The Bertz CT molecular complexity index is 758. The Hall–Kier alpha value is -1.71. The summed E-state index contributed by atoms with van der Waals surface area (Å²) in [5.74, 6) is 0. The summed E-state index contributed by atoms with van der Waals surface area (Å²) >= 11 is 3.01. The van der Waals surface area contributed by atoms with Gasteiger partial charge in [-0.2, -0.15) is 5.10 Å². The smallest absolute Gasteiger partial charge is 0.306 e. The maximum atomic E-state index is 12.4. The molecule has 0 saturated carbocycles. The number of nitrogens with zero attached hydrogens (tertiary/aromatic N) is 4. The molecule has 2 N–H and O–H groups in total. The summed E-state index contributed by atoms with van der Waals surface area (Å²) in [6.45, 7) is 6.14. The van der Waals surface area contributed by atoms with Gasteiger partial charge >= 0.3 is 6.03 Å². The van der Waals surface area contributed by atoms with Gasteiger partial charge in [0.1, 0.15) is 0 Å². The van der Waals surface area contributed by atoms with Crippen molar-refractivity contribution in [1.29, 1.82) is 0 Å². The lowest BCUT2D eigenvalue weighted by Crippen LogP contribution is -2.45. The first-order valence-electron chi connectivity index (χ1n) is 8.70. The van der Waals surface area contributed by atoms with E-state index < -0.39 is 0 Å². The van der Waals surface area contributed by atoms with Crippen LogP contribution in [0.4, 0.5) is 16.2 Å². The van der Waals surface area contributed by atoms with Gasteiger partial charge in [-0.3, -0.25) is 13.7 Å². The Morgan fingerprint density at radius 1 is 1.42 bits per heavy atom. The second-order valence-electron chi connectivity index (χ2n) is 6.73. The number of amides is 2. The van der Waals surface area contributed by atoms with E-state index in [4.69, 9.17) is 0 Å². The highest BCUT2D eigenvalue weighted by molar-refractivity contribution is 7.99. The van der Waals surface area contributed by atoms with Crippen LogP contribution in [0.2, 0.25) is 0 Å². The number of rotatable bonds is 5. The van der Waals surface area contributed by atoms with Gasteiger partial charge < -0.3 is 10.2 Å². The molecule has 9 heteroatoms. The molecule has 26 heavy (non-hydrogen) atoms. The zero-order valence-electron chi connectivity index (χ0n) is 15.7. The number of aryl methyl sites for hydroxylation is 3. The van der Waals surface area contributed by atoms with E-state index in [0.717, 1.165) is 42.2 Å². The topological polar surface area (TPSA) is 65.4 Å². The van der Waals surface area contributed by atoms with Crippen LogP contribution >= 0.6 is 23.5 Å². The van der Waals surface area contributed by atoms with Crippen LogP contribution in [0.5, 0.6) is 0 Å². The third-order valence-electron chi connectivity index (χ3n) is 4.40. The second-order valence-corrected chi connectivity index (χ2v) is 8.97. The Kier molecular flexibility index (Phi) is 6.10. The minimum atomic E-state index is -0.214. The SMILES string of the molecule is Cc1cc(NC(=O)NSN(c2cnn(C)c2)C2CCCN(C)C2)c(C)s1. The number of likely N-dealkylation sites (N-methyl/N-ethyl adjacent to an activating group) is 1. The van der Waals surface area contributed by atoms with E-state index >= 15 is 0 Å². The third-order valence-corrected chi connectivity index (χ3v) is 6.35. The summed E-state index contributed by atoms with van der Waals surface area (Å²) in [6, 6.07) is 2.11. The Morgan fingerprint density at radius 2 is 2.23 bits per heavy atom. The van der Waals surface area contributed by atoms with Gasteiger partial charge in [-0.05, 0) is 46.3 Å². The molecule has 0 bridgehead atoms. The van der Waals surface area contributed by atoms with Crippen molar-refractivity contribution in [2.24, 2.45) is 7.05 Å². The summed E-state index contributed by atoms with van der Waals surface area (Å²) in [5, 5.41) is 7.22. The summed E-state index contributed by atoms with van der Waals surface area (Å²) in [7, 11) is 4.04. The van der Waals surface area contributed by atoms with Gasteiger partial charge in [-0.1, -0.05) is 0 Å². The first kappa shape index (κ1) is 19.1. The van der Waals surface area contributed by atoms with Gasteiger partial charge in [-0.25, -0.2) is 4.79 Å². The number of anilines is 2. The molecule has 1 aliphatic rings. The minimum absolute atomic E-state index is 0.214. The summed E-state index contributed by atoms with van der Waals surface area (Å²) in [5.41, 5.74) is 1.87. The van der Waals surface area contributed by atoms with Crippen LogP contribution in [0.25, 0.3) is 0 Å². The van der Waals surface area contributed by atoms with Crippen LogP contribution in [-0.4, -0.2) is 46.9 Å². The van der Waals surface area contributed by atoms with Gasteiger partial charge in [0.15, 0.2) is 0 Å². The van der Waals surface area contributed by atoms with E-state index in [1.54, 1.807) is 16.0 Å². The number of hydrogen-bond donors (Lipinski definition) is 2. The molecule has 1 unspecified atom stereocenters. The molecule has 1 aliphatic heterocycles. The molecular formula is C17H26N6OS2. The molecule has 7 nitrogen and oxygen atoms in total. The summed E-state index contributed by atoms with van der Waals surface area (Å²) < 4.78 is 6.87. The first-order valence-corrected chi connectivity index (χ1v) is 10.3. The van der Waals surface area contributed by atoms with Crippen LogP contribution in [0.1, 0.15) is 22.6 Å². The lowest BCUT2D eigenvalue weighted by molar-refractivity contribution is 0.253. The number of aromatic nitrogens is 2. The van der Waals surface area contributed by atoms with Crippen molar-refractivity contribution >= 4 is 40.9 Å². The van der Waals surface area contributed by atoms with E-state index in [1.165, 1.54) is 17.0 Å². The van der Waals surface area contributed by atoms with Crippen molar-refractivity contribution in [2.45, 2.75) is 32.7 Å². The van der Waals surface area contributed by atoms with Crippen LogP contribution in [0.15, 0.2) is 18.5 Å². The molecule has 2 aromatic rings. The van der Waals surface area contributed by atoms with E-state index in [2.05, 4.69) is 31.4 Å². The lowest BCUT2D eigenvalue weighted by atomic mass is 10.1. The predicted molar refractivity (Wildman–Crippen MR) is 110 cm³/mol. The highest BCUT2D eigenvalue weighted by Crippen LogP contribution is 2.28. The Labute approximate surface area is 163 Å². The highest BCUT2D eigenvalue weighted by atomic mass is 32.2. The fraction of sp³-hybridized carbons (Fsp3) is 0.529. The van der Waals surface area contributed by atoms with Gasteiger partial charge in [-0.15, -0.1) is 11.3 Å². The largest absolute Gasteiger partial charge is 0.330 e. The van der Waals surface area contributed by atoms with Crippen LogP contribution in [0, 0.1) is 13.8 Å². The maximum Gasteiger partial charge on any atom is 0.330 e. The van der Waals surface area contributed by atoms with Crippen LogP contribution in [-0.2, 0) is 7.05 Å². The second kappa shape index (κ2) is 8.32. The molecule has 3 rings (SSSR count). The molecular weight excluding hydrogens is 368 g/mol. The van der Waals surface area contributed by atoms with Crippen molar-refractivity contribution in [1.82, 2.24) is 19.4 Å². The normalized spacial score (nSPS) is 17.9. The highest BCUT2D eigenvalue weighted by Gasteiger charge is 2.26. The minimum Gasteiger partial charge on any atom is -0.306 e. The van der Waals surface area contributed by atoms with Crippen molar-refractivity contribution < 1.29 is 4.79 Å². The molecule has 142 valence electrons. The zero-order chi connectivity index (χ0) is 18.7. The lowest BCUT2D eigenvalue weighted by Gasteiger charge is -2.37. The van der Waals surface area contributed by atoms with E-state index in [9.17, 15) is 4.79 Å². The molecule has 1 saturated heterocycles. The van der Waals surface area contributed by atoms with E-state index in [0.29, 0.717) is 6.04 Å². The molecule has 0 aliphatic carbocycles. The maximum absolute atomic E-state index is 12.4. The molecule has 0 spiro atoms. The molecule has 1 fully saturated rings. The van der Waals surface area contributed by atoms with E-state index in [-0.39, 0.29) is 6.03 Å². The average molecular weight is 395 g/mol. The Morgan fingerprint density at radius 3 is 2.85 bits per heavy atom. The summed E-state index contributed by atoms with van der Waals surface area (Å²) in [4.78, 5) is 17.0. The fourth-order valence-electron chi connectivity index (χ4n) is 3.18. The summed E-state index contributed by atoms with van der Waals surface area (Å²) in [6.07, 6.45) is 6.07. The molecule has 2 amide bonds. The van der Waals surface area contributed by atoms with E-state index in [1.807, 2.05) is 39.4 Å². The number of nitrogens with one attached hydrogen (secondary N) is 2. The molecule has 3 heterocycles. The Balaban J connectivity index is 1.65. The van der Waals surface area contributed by atoms with Gasteiger partial charge in [0.05, 0.1) is 35.7 Å². The number of piperidine rings is 1. The molecule has 0 radical (unpaired) electrons. The number of urea groups is 1. The van der Waals surface area contributed by atoms with Crippen molar-refractivity contribution in [2.75, 3.05) is 29.8 Å². The molecule has 1 atom stereocenters. The fourth-order valence-corrected chi connectivity index (χ4v) is 4.82. The van der Waals surface area contributed by atoms with Crippen molar-refractivity contribution in [3.8, 4) is 0 Å². The van der Waals surface area contributed by atoms with Gasteiger partial charge in [0.25, 0.3) is 0 Å². The average Bonchev–Trinajstić information content (AvgIpc) is 3.13. The number of likely N-dealkylation sites (tertiary alicyclic amines) is 1. The monoisotopic (exact) mass is 394 g/mol. The first-order chi connectivity index (χ1) is 12.4. The van der Waals surface area contributed by atoms with Crippen molar-refractivity contribution in [3.05, 3.63) is 28.2 Å². The predicted octanol–water partition coefficient (Wildman–Crippen LogP) is 3.38. The van der Waals surface area contributed by atoms with Crippen LogP contribution < -0.4 is 14.3 Å². The van der Waals surface area contributed by atoms with Gasteiger partial charge in [0, 0.05) is 29.5 Å². The number of hydrogen-bond acceptors (Lipinski definition) is 6. The van der Waals surface area contributed by atoms with Crippen molar-refractivity contribution in [3.63, 3.8) is 0 Å². The zero-order valence-corrected chi connectivity index (χ0v) is 17.3. The number of thiophene rings is 1. The van der Waals surface area contributed by atoms with Gasteiger partial charge in [0.2, 0.25) is 0 Å². The third kappa shape index (κ3) is 4.72. The standard InChI is InChI=1S/C17H26N6OS2/c1-12-8-16(13(2)25-12)19-17(24)20-26-23(15-9-18-22(4)11-15)14-6-5-7-21(3)10-14/h8-9,11,14H,5-7,10H2,1-4H3,(H2,19,20,24). The quantitative estimate of drug-likeness (QED) is 0.761. The number of carbonyl (C=O) groups is 1. The molecule has 0 aromatic carbocycles. The van der Waals surface area contributed by atoms with Crippen LogP contribution in [0.3, 0.4) is 0 Å². The number of carbonyl (C=O) groups excluding carboxylic acids is 1.